The summed E-state index contributed by atoms with van der Waals surface area (Å²) in [5, 5.41) is 5.46. The first-order valence-corrected chi connectivity index (χ1v) is 9.20. The minimum atomic E-state index is 0.133. The molecule has 1 saturated heterocycles. The number of rotatable bonds is 5. The fourth-order valence-corrected chi connectivity index (χ4v) is 4.77. The molecule has 3 nitrogen and oxygen atoms in total. The average molecular weight is 315 g/mol. The molecule has 1 atom stereocenters. The number of thiazole rings is 1. The summed E-state index contributed by atoms with van der Waals surface area (Å²) >= 11 is 3.94. The maximum absolute atomic E-state index is 5.31. The molecular formula is C15H26N2OS2. The summed E-state index contributed by atoms with van der Waals surface area (Å²) in [6, 6.07) is 0. The first kappa shape index (κ1) is 16.3. The van der Waals surface area contributed by atoms with Crippen LogP contribution in [0.15, 0.2) is 0 Å². The van der Waals surface area contributed by atoms with Gasteiger partial charge in [-0.1, -0.05) is 6.42 Å². The number of thioether (sulfide) groups is 1. The highest BCUT2D eigenvalue weighted by Gasteiger charge is 2.22. The molecule has 0 amide bonds. The Hall–Kier alpha value is -0.100. The van der Waals surface area contributed by atoms with Crippen molar-refractivity contribution in [2.75, 3.05) is 12.9 Å². The fraction of sp³-hybridized carbons (Fsp3) is 0.800. The summed E-state index contributed by atoms with van der Waals surface area (Å²) in [5.41, 5.74) is 1.25. The van der Waals surface area contributed by atoms with E-state index in [1.807, 2.05) is 11.3 Å². The van der Waals surface area contributed by atoms with Crippen molar-refractivity contribution in [2.24, 2.45) is 0 Å². The van der Waals surface area contributed by atoms with Crippen molar-refractivity contribution in [1.82, 2.24) is 10.3 Å². The molecule has 0 saturated carbocycles. The van der Waals surface area contributed by atoms with Gasteiger partial charge in [-0.15, -0.1) is 11.3 Å². The van der Waals surface area contributed by atoms with E-state index in [1.165, 1.54) is 34.9 Å². The van der Waals surface area contributed by atoms with Gasteiger partial charge in [-0.2, -0.15) is 11.8 Å². The lowest BCUT2D eigenvalue weighted by Gasteiger charge is -2.20. The van der Waals surface area contributed by atoms with Gasteiger partial charge in [-0.3, -0.25) is 0 Å². The maximum atomic E-state index is 5.31. The lowest BCUT2D eigenvalue weighted by molar-refractivity contribution is 0.181. The molecule has 0 aromatic carbocycles. The lowest BCUT2D eigenvalue weighted by Crippen LogP contribution is -2.35. The topological polar surface area (TPSA) is 34.1 Å². The predicted octanol–water partition coefficient (Wildman–Crippen LogP) is 4.14. The third kappa shape index (κ3) is 4.72. The minimum absolute atomic E-state index is 0.133. The van der Waals surface area contributed by atoms with Crippen LogP contribution >= 0.6 is 23.1 Å². The van der Waals surface area contributed by atoms with Gasteiger partial charge in [0.25, 0.3) is 0 Å². The van der Waals surface area contributed by atoms with Gasteiger partial charge in [-0.25, -0.2) is 4.98 Å². The summed E-state index contributed by atoms with van der Waals surface area (Å²) in [5.74, 6) is 1.28. The second kappa shape index (κ2) is 7.25. The number of hydrogen-bond donors (Lipinski definition) is 1. The second-order valence-electron chi connectivity index (χ2n) is 6.31. The van der Waals surface area contributed by atoms with Crippen LogP contribution in [0.1, 0.15) is 60.9 Å². The SMILES string of the molecule is COCc1nc(C2CCCCS2)sc1CNC(C)(C)C. The third-order valence-corrected chi connectivity index (χ3v) is 6.06. The molecule has 2 heterocycles. The summed E-state index contributed by atoms with van der Waals surface area (Å²) < 4.78 is 5.31. The molecule has 114 valence electrons. The van der Waals surface area contributed by atoms with Crippen LogP contribution in [0.2, 0.25) is 0 Å². The van der Waals surface area contributed by atoms with Gasteiger partial charge in [0.2, 0.25) is 0 Å². The molecule has 5 heteroatoms. The minimum Gasteiger partial charge on any atom is -0.378 e. The Morgan fingerprint density at radius 3 is 2.75 bits per heavy atom. The quantitative estimate of drug-likeness (QED) is 0.886. The van der Waals surface area contributed by atoms with Crippen LogP contribution in [0.25, 0.3) is 0 Å². The smallest absolute Gasteiger partial charge is 0.106 e. The number of nitrogens with one attached hydrogen (secondary N) is 1. The Kier molecular flexibility index (Phi) is 5.90. The van der Waals surface area contributed by atoms with Crippen LogP contribution < -0.4 is 5.32 Å². The number of nitrogens with zero attached hydrogens (tertiary/aromatic N) is 1. The molecule has 0 bridgehead atoms. The predicted molar refractivity (Wildman–Crippen MR) is 88.5 cm³/mol. The number of ether oxygens (including phenoxy) is 1. The van der Waals surface area contributed by atoms with Crippen molar-refractivity contribution in [3.05, 3.63) is 15.6 Å². The average Bonchev–Trinajstić information content (AvgIpc) is 2.80. The van der Waals surface area contributed by atoms with Crippen LogP contribution in [-0.4, -0.2) is 23.4 Å². The Morgan fingerprint density at radius 1 is 1.35 bits per heavy atom. The summed E-state index contributed by atoms with van der Waals surface area (Å²) in [7, 11) is 1.75. The molecule has 0 radical (unpaired) electrons. The zero-order valence-corrected chi connectivity index (χ0v) is 14.6. The molecule has 1 aromatic rings. The first-order chi connectivity index (χ1) is 9.49. The van der Waals surface area contributed by atoms with Gasteiger partial charge in [0.05, 0.1) is 17.6 Å². The van der Waals surface area contributed by atoms with E-state index in [2.05, 4.69) is 37.8 Å². The molecule has 1 aromatic heterocycles. The van der Waals surface area contributed by atoms with Gasteiger partial charge in [0.15, 0.2) is 0 Å². The van der Waals surface area contributed by atoms with E-state index in [-0.39, 0.29) is 5.54 Å². The standard InChI is InChI=1S/C15H26N2OS2/c1-15(2,3)16-9-13-11(10-18-4)17-14(20-13)12-7-5-6-8-19-12/h12,16H,5-10H2,1-4H3. The van der Waals surface area contributed by atoms with Crippen molar-refractivity contribution in [1.29, 1.82) is 0 Å². The van der Waals surface area contributed by atoms with Crippen molar-refractivity contribution >= 4 is 23.1 Å². The monoisotopic (exact) mass is 314 g/mol. The van der Waals surface area contributed by atoms with E-state index in [0.717, 1.165) is 12.2 Å². The van der Waals surface area contributed by atoms with Crippen LogP contribution in [0.4, 0.5) is 0 Å². The van der Waals surface area contributed by atoms with Crippen LogP contribution in [0.3, 0.4) is 0 Å². The fourth-order valence-electron chi connectivity index (χ4n) is 2.21. The van der Waals surface area contributed by atoms with Crippen molar-refractivity contribution in [2.45, 2.75) is 64.0 Å². The molecular weight excluding hydrogens is 288 g/mol. The van der Waals surface area contributed by atoms with E-state index in [1.54, 1.807) is 7.11 Å². The van der Waals surface area contributed by atoms with Crippen LogP contribution in [0, 0.1) is 0 Å². The molecule has 0 spiro atoms. The van der Waals surface area contributed by atoms with Crippen molar-refractivity contribution in [3.63, 3.8) is 0 Å². The summed E-state index contributed by atoms with van der Waals surface area (Å²) in [6.07, 6.45) is 3.97. The molecule has 0 aliphatic carbocycles. The third-order valence-electron chi connectivity index (χ3n) is 3.31. The number of methoxy groups -OCH3 is 1. The van der Waals surface area contributed by atoms with Gasteiger partial charge in [0.1, 0.15) is 5.01 Å². The first-order valence-electron chi connectivity index (χ1n) is 7.33. The van der Waals surface area contributed by atoms with E-state index < -0.39 is 0 Å². The highest BCUT2D eigenvalue weighted by atomic mass is 32.2. The highest BCUT2D eigenvalue weighted by molar-refractivity contribution is 7.99. The Balaban J connectivity index is 2.10. The molecule has 1 unspecified atom stereocenters. The lowest BCUT2D eigenvalue weighted by atomic mass is 10.1. The number of hydrogen-bond acceptors (Lipinski definition) is 5. The molecule has 1 fully saturated rings. The summed E-state index contributed by atoms with van der Waals surface area (Å²) in [4.78, 5) is 6.19. The van der Waals surface area contributed by atoms with Crippen molar-refractivity contribution in [3.8, 4) is 0 Å². The van der Waals surface area contributed by atoms with Crippen LogP contribution in [-0.2, 0) is 17.9 Å². The molecule has 1 aliphatic heterocycles. The Bertz CT molecular complexity index is 420. The van der Waals surface area contributed by atoms with Gasteiger partial charge < -0.3 is 10.1 Å². The van der Waals surface area contributed by atoms with Gasteiger partial charge in [0, 0.05) is 24.1 Å². The molecule has 1 N–H and O–H groups in total. The van der Waals surface area contributed by atoms with E-state index in [9.17, 15) is 0 Å². The Labute approximate surface area is 130 Å². The van der Waals surface area contributed by atoms with E-state index >= 15 is 0 Å². The van der Waals surface area contributed by atoms with Crippen LogP contribution in [0.5, 0.6) is 0 Å². The van der Waals surface area contributed by atoms with Gasteiger partial charge >= 0.3 is 0 Å². The second-order valence-corrected chi connectivity index (χ2v) is 8.74. The summed E-state index contributed by atoms with van der Waals surface area (Å²) in [6.45, 7) is 8.10. The van der Waals surface area contributed by atoms with E-state index in [0.29, 0.717) is 11.9 Å². The highest BCUT2D eigenvalue weighted by Crippen LogP contribution is 2.40. The van der Waals surface area contributed by atoms with E-state index in [4.69, 9.17) is 9.72 Å². The van der Waals surface area contributed by atoms with Crippen molar-refractivity contribution < 1.29 is 4.74 Å². The largest absolute Gasteiger partial charge is 0.378 e. The maximum Gasteiger partial charge on any atom is 0.106 e. The zero-order valence-electron chi connectivity index (χ0n) is 13.0. The Morgan fingerprint density at radius 2 is 2.15 bits per heavy atom. The number of aromatic nitrogens is 1. The molecule has 20 heavy (non-hydrogen) atoms. The normalized spacial score (nSPS) is 20.3. The zero-order chi connectivity index (χ0) is 14.6. The molecule has 1 aliphatic rings. The van der Waals surface area contributed by atoms with Gasteiger partial charge in [-0.05, 0) is 39.4 Å². The molecule has 2 rings (SSSR count).